The van der Waals surface area contributed by atoms with Gasteiger partial charge >= 0.3 is 0 Å². The molecule has 0 aliphatic heterocycles. The number of carbonyl (C=O) groups excluding carboxylic acids is 1. The molecule has 1 amide bonds. The summed E-state index contributed by atoms with van der Waals surface area (Å²) in [5.74, 6) is 5.33. The van der Waals surface area contributed by atoms with E-state index in [1.54, 1.807) is 6.07 Å². The third kappa shape index (κ3) is 3.71. The minimum absolute atomic E-state index is 0.120. The Hall–Kier alpha value is -2.57. The number of anilines is 1. The molecule has 0 aliphatic rings. The molecule has 0 heterocycles. The second-order valence-corrected chi connectivity index (χ2v) is 4.76. The van der Waals surface area contributed by atoms with Crippen LogP contribution in [-0.4, -0.2) is 17.6 Å². The van der Waals surface area contributed by atoms with Gasteiger partial charge in [-0.1, -0.05) is 30.0 Å². The summed E-state index contributed by atoms with van der Waals surface area (Å²) < 4.78 is 0. The summed E-state index contributed by atoms with van der Waals surface area (Å²) in [4.78, 5) is 12.3. The molecule has 0 radical (unpaired) electrons. The summed E-state index contributed by atoms with van der Waals surface area (Å²) in [6, 6.07) is 13.0. The molecular weight excluding hydrogens is 262 g/mol. The van der Waals surface area contributed by atoms with Crippen LogP contribution >= 0.6 is 0 Å². The van der Waals surface area contributed by atoms with Gasteiger partial charge in [0.25, 0.3) is 5.91 Å². The van der Waals surface area contributed by atoms with Crippen LogP contribution in [0.1, 0.15) is 27.0 Å². The van der Waals surface area contributed by atoms with Crippen LogP contribution in [0.25, 0.3) is 0 Å². The van der Waals surface area contributed by atoms with Gasteiger partial charge in [-0.2, -0.15) is 0 Å². The van der Waals surface area contributed by atoms with Gasteiger partial charge < -0.3 is 10.4 Å². The average molecular weight is 279 g/mol. The number of aliphatic hydroxyl groups excluding tert-OH is 1. The van der Waals surface area contributed by atoms with Crippen molar-refractivity contribution in [1.29, 1.82) is 0 Å². The van der Waals surface area contributed by atoms with E-state index in [4.69, 9.17) is 5.11 Å². The highest BCUT2D eigenvalue weighted by atomic mass is 16.2. The van der Waals surface area contributed by atoms with E-state index in [0.29, 0.717) is 5.56 Å². The Morgan fingerprint density at radius 2 is 1.90 bits per heavy atom. The quantitative estimate of drug-likeness (QED) is 0.830. The molecule has 3 heteroatoms. The molecule has 0 spiro atoms. The SMILES string of the molecule is Cc1cc(C#CCO)ccc1NC(=O)c1ccccc1C. The minimum atomic E-state index is -0.162. The zero-order valence-corrected chi connectivity index (χ0v) is 12.1. The van der Waals surface area contributed by atoms with Gasteiger partial charge in [0.15, 0.2) is 0 Å². The van der Waals surface area contributed by atoms with Crippen molar-refractivity contribution in [2.45, 2.75) is 13.8 Å². The van der Waals surface area contributed by atoms with E-state index in [0.717, 1.165) is 22.4 Å². The van der Waals surface area contributed by atoms with Crippen molar-refractivity contribution in [2.75, 3.05) is 11.9 Å². The first-order valence-corrected chi connectivity index (χ1v) is 6.69. The first-order valence-electron chi connectivity index (χ1n) is 6.69. The van der Waals surface area contributed by atoms with Gasteiger partial charge in [0, 0.05) is 16.8 Å². The average Bonchev–Trinajstić information content (AvgIpc) is 2.48. The van der Waals surface area contributed by atoms with Crippen molar-refractivity contribution < 1.29 is 9.90 Å². The molecule has 2 N–H and O–H groups in total. The van der Waals surface area contributed by atoms with Crippen LogP contribution in [0.2, 0.25) is 0 Å². The molecule has 3 nitrogen and oxygen atoms in total. The molecule has 0 aliphatic carbocycles. The normalized spacial score (nSPS) is 9.67. The lowest BCUT2D eigenvalue weighted by Gasteiger charge is -2.10. The first-order chi connectivity index (χ1) is 10.1. The molecule has 0 aromatic heterocycles. The van der Waals surface area contributed by atoms with Crippen LogP contribution in [-0.2, 0) is 0 Å². The van der Waals surface area contributed by atoms with Crippen LogP contribution in [0.15, 0.2) is 42.5 Å². The molecular formula is C18H17NO2. The van der Waals surface area contributed by atoms with Crippen molar-refractivity contribution in [1.82, 2.24) is 0 Å². The summed E-state index contributed by atoms with van der Waals surface area (Å²) in [5, 5.41) is 11.6. The molecule has 0 atom stereocenters. The predicted molar refractivity (Wildman–Crippen MR) is 84.3 cm³/mol. The monoisotopic (exact) mass is 279 g/mol. The Kier molecular flexibility index (Phi) is 4.76. The van der Waals surface area contributed by atoms with Gasteiger partial charge in [-0.15, -0.1) is 0 Å². The Morgan fingerprint density at radius 3 is 2.57 bits per heavy atom. The molecule has 2 rings (SSSR count). The van der Waals surface area contributed by atoms with Gasteiger partial charge in [-0.3, -0.25) is 4.79 Å². The van der Waals surface area contributed by atoms with Gasteiger partial charge in [-0.25, -0.2) is 0 Å². The van der Waals surface area contributed by atoms with Crippen molar-refractivity contribution in [2.24, 2.45) is 0 Å². The highest BCUT2D eigenvalue weighted by molar-refractivity contribution is 6.05. The van der Waals surface area contributed by atoms with Crippen LogP contribution in [0.5, 0.6) is 0 Å². The second kappa shape index (κ2) is 6.74. The van der Waals surface area contributed by atoms with E-state index in [1.165, 1.54) is 0 Å². The standard InChI is InChI=1S/C18H17NO2/c1-13-6-3-4-8-16(13)18(21)19-17-10-9-15(7-5-11-20)12-14(17)2/h3-4,6,8-10,12,20H,11H2,1-2H3,(H,19,21). The largest absolute Gasteiger partial charge is 0.384 e. The Bertz CT molecular complexity index is 723. The number of aliphatic hydroxyl groups is 1. The fourth-order valence-corrected chi connectivity index (χ4v) is 2.04. The first kappa shape index (κ1) is 14.8. The highest BCUT2D eigenvalue weighted by Crippen LogP contribution is 2.18. The summed E-state index contributed by atoms with van der Waals surface area (Å²) in [5.41, 5.74) is 4.12. The molecule has 2 aromatic carbocycles. The molecule has 106 valence electrons. The summed E-state index contributed by atoms with van der Waals surface area (Å²) in [6.45, 7) is 3.66. The molecule has 0 unspecified atom stereocenters. The maximum absolute atomic E-state index is 12.3. The summed E-state index contributed by atoms with van der Waals surface area (Å²) in [7, 11) is 0. The molecule has 2 aromatic rings. The van der Waals surface area contributed by atoms with Gasteiger partial charge in [0.1, 0.15) is 6.61 Å². The van der Waals surface area contributed by atoms with Crippen molar-refractivity contribution in [3.8, 4) is 11.8 Å². The van der Waals surface area contributed by atoms with Gasteiger partial charge in [0.05, 0.1) is 0 Å². The second-order valence-electron chi connectivity index (χ2n) is 4.76. The summed E-state index contributed by atoms with van der Waals surface area (Å²) in [6.07, 6.45) is 0. The van der Waals surface area contributed by atoms with Crippen molar-refractivity contribution >= 4 is 11.6 Å². The predicted octanol–water partition coefficient (Wildman–Crippen LogP) is 2.90. The number of aryl methyl sites for hydroxylation is 2. The molecule has 0 saturated heterocycles. The Morgan fingerprint density at radius 1 is 1.14 bits per heavy atom. The minimum Gasteiger partial charge on any atom is -0.384 e. The van der Waals surface area contributed by atoms with E-state index in [9.17, 15) is 4.79 Å². The topological polar surface area (TPSA) is 49.3 Å². The fourth-order valence-electron chi connectivity index (χ4n) is 2.04. The van der Waals surface area contributed by atoms with E-state index in [1.807, 2.05) is 50.2 Å². The number of benzene rings is 2. The maximum Gasteiger partial charge on any atom is 0.255 e. The van der Waals surface area contributed by atoms with Crippen molar-refractivity contribution in [3.63, 3.8) is 0 Å². The van der Waals surface area contributed by atoms with Crippen LogP contribution in [0.3, 0.4) is 0 Å². The molecule has 0 fully saturated rings. The fraction of sp³-hybridized carbons (Fsp3) is 0.167. The lowest BCUT2D eigenvalue weighted by Crippen LogP contribution is -2.14. The van der Waals surface area contributed by atoms with Crippen molar-refractivity contribution in [3.05, 3.63) is 64.7 Å². The van der Waals surface area contributed by atoms with E-state index in [2.05, 4.69) is 17.2 Å². The van der Waals surface area contributed by atoms with E-state index >= 15 is 0 Å². The van der Waals surface area contributed by atoms with Gasteiger partial charge in [0.2, 0.25) is 0 Å². The van der Waals surface area contributed by atoms with Crippen LogP contribution < -0.4 is 5.32 Å². The number of rotatable bonds is 2. The zero-order valence-electron chi connectivity index (χ0n) is 12.1. The van der Waals surface area contributed by atoms with Crippen LogP contribution in [0, 0.1) is 25.7 Å². The summed E-state index contributed by atoms with van der Waals surface area (Å²) >= 11 is 0. The lowest BCUT2D eigenvalue weighted by atomic mass is 10.1. The third-order valence-electron chi connectivity index (χ3n) is 3.18. The lowest BCUT2D eigenvalue weighted by molar-refractivity contribution is 0.102. The number of hydrogen-bond acceptors (Lipinski definition) is 2. The van der Waals surface area contributed by atoms with Gasteiger partial charge in [-0.05, 0) is 49.2 Å². The van der Waals surface area contributed by atoms with Crippen LogP contribution in [0.4, 0.5) is 5.69 Å². The maximum atomic E-state index is 12.3. The number of amides is 1. The zero-order chi connectivity index (χ0) is 15.2. The molecule has 0 bridgehead atoms. The van der Waals surface area contributed by atoms with E-state index < -0.39 is 0 Å². The smallest absolute Gasteiger partial charge is 0.255 e. The molecule has 0 saturated carbocycles. The Balaban J connectivity index is 2.20. The molecule has 21 heavy (non-hydrogen) atoms. The number of nitrogens with one attached hydrogen (secondary N) is 1. The third-order valence-corrected chi connectivity index (χ3v) is 3.18. The number of hydrogen-bond donors (Lipinski definition) is 2. The van der Waals surface area contributed by atoms with E-state index in [-0.39, 0.29) is 12.5 Å². The number of carbonyl (C=O) groups is 1. The Labute approximate surface area is 124 Å². The highest BCUT2D eigenvalue weighted by Gasteiger charge is 2.09.